The summed E-state index contributed by atoms with van der Waals surface area (Å²) < 4.78 is 11.3. The Kier molecular flexibility index (Phi) is 5.24. The molecule has 1 aromatic heterocycles. The Labute approximate surface area is 143 Å². The van der Waals surface area contributed by atoms with Crippen LogP contribution < -0.4 is 10.1 Å². The second-order valence-electron chi connectivity index (χ2n) is 6.45. The Morgan fingerprint density at radius 2 is 2.21 bits per heavy atom. The lowest BCUT2D eigenvalue weighted by atomic mass is 9.93. The minimum Gasteiger partial charge on any atom is -0.483 e. The van der Waals surface area contributed by atoms with Crippen LogP contribution >= 0.6 is 0 Å². The molecule has 1 N–H and O–H groups in total. The van der Waals surface area contributed by atoms with Crippen molar-refractivity contribution < 1.29 is 13.9 Å². The average Bonchev–Trinajstić information content (AvgIpc) is 3.09. The largest absolute Gasteiger partial charge is 0.483 e. The number of amides is 1. The van der Waals surface area contributed by atoms with E-state index in [0.717, 1.165) is 48.3 Å². The van der Waals surface area contributed by atoms with Gasteiger partial charge in [0, 0.05) is 12.0 Å². The molecular formula is C20H25NO3. The van der Waals surface area contributed by atoms with Crippen LogP contribution in [0.1, 0.15) is 62.0 Å². The molecule has 1 aliphatic carbocycles. The van der Waals surface area contributed by atoms with Gasteiger partial charge in [0.2, 0.25) is 0 Å². The number of aryl methyl sites for hydroxylation is 1. The number of hydrogen-bond donors (Lipinski definition) is 1. The summed E-state index contributed by atoms with van der Waals surface area (Å²) >= 11 is 0. The first-order valence-electron chi connectivity index (χ1n) is 8.76. The molecule has 0 saturated carbocycles. The maximum absolute atomic E-state index is 12.3. The number of para-hydroxylation sites is 1. The van der Waals surface area contributed by atoms with Crippen LogP contribution in [-0.2, 0) is 11.2 Å². The molecule has 4 heteroatoms. The highest BCUT2D eigenvalue weighted by Gasteiger charge is 2.24. The Balaban J connectivity index is 1.60. The first-order valence-corrected chi connectivity index (χ1v) is 8.76. The third kappa shape index (κ3) is 3.64. The van der Waals surface area contributed by atoms with Crippen molar-refractivity contribution in [1.82, 2.24) is 5.32 Å². The van der Waals surface area contributed by atoms with Gasteiger partial charge in [-0.25, -0.2) is 0 Å². The summed E-state index contributed by atoms with van der Waals surface area (Å²) in [7, 11) is 0. The highest BCUT2D eigenvalue weighted by molar-refractivity contribution is 5.78. The topological polar surface area (TPSA) is 51.5 Å². The monoisotopic (exact) mass is 327 g/mol. The molecule has 128 valence electrons. The van der Waals surface area contributed by atoms with Crippen LogP contribution in [0.5, 0.6) is 5.75 Å². The summed E-state index contributed by atoms with van der Waals surface area (Å²) in [6.45, 7) is 4.36. The van der Waals surface area contributed by atoms with E-state index in [1.54, 1.807) is 6.26 Å². The van der Waals surface area contributed by atoms with Crippen molar-refractivity contribution in [3.63, 3.8) is 0 Å². The van der Waals surface area contributed by atoms with Crippen LogP contribution in [0, 0.1) is 0 Å². The van der Waals surface area contributed by atoms with Gasteiger partial charge in [0.05, 0.1) is 12.3 Å². The van der Waals surface area contributed by atoms with Gasteiger partial charge in [0.25, 0.3) is 5.91 Å². The summed E-state index contributed by atoms with van der Waals surface area (Å²) in [5, 5.41) is 3.07. The van der Waals surface area contributed by atoms with Gasteiger partial charge < -0.3 is 14.5 Å². The Morgan fingerprint density at radius 1 is 1.38 bits per heavy atom. The standard InChI is InChI=1S/C20H25NO3/c1-3-14(2)15-7-4-5-9-18(15)24-13-20(22)21-17-8-6-10-19-16(17)11-12-23-19/h4-5,7,9,11-12,14,17H,3,6,8,10,13H2,1-2H3,(H,21,22). The first kappa shape index (κ1) is 16.6. The number of rotatable bonds is 6. The normalized spacial score (nSPS) is 17.8. The first-order chi connectivity index (χ1) is 11.7. The number of carbonyl (C=O) groups excluding carboxylic acids is 1. The van der Waals surface area contributed by atoms with E-state index < -0.39 is 0 Å². The third-order valence-corrected chi connectivity index (χ3v) is 4.81. The molecule has 1 amide bonds. The lowest BCUT2D eigenvalue weighted by Gasteiger charge is -2.23. The zero-order valence-corrected chi connectivity index (χ0v) is 14.4. The number of benzene rings is 1. The lowest BCUT2D eigenvalue weighted by Crippen LogP contribution is -2.34. The average molecular weight is 327 g/mol. The van der Waals surface area contributed by atoms with Crippen LogP contribution in [0.3, 0.4) is 0 Å². The fourth-order valence-electron chi connectivity index (χ4n) is 3.25. The molecule has 1 aliphatic rings. The van der Waals surface area contributed by atoms with E-state index in [1.807, 2.05) is 24.3 Å². The molecule has 0 bridgehead atoms. The fourth-order valence-corrected chi connectivity index (χ4v) is 3.25. The summed E-state index contributed by atoms with van der Waals surface area (Å²) in [6, 6.07) is 9.95. The van der Waals surface area contributed by atoms with Crippen LogP contribution in [-0.4, -0.2) is 12.5 Å². The molecule has 0 radical (unpaired) electrons. The molecule has 24 heavy (non-hydrogen) atoms. The molecule has 2 aromatic rings. The highest BCUT2D eigenvalue weighted by atomic mass is 16.5. The Morgan fingerprint density at radius 3 is 3.04 bits per heavy atom. The summed E-state index contributed by atoms with van der Waals surface area (Å²) in [4.78, 5) is 12.3. The molecular weight excluding hydrogens is 302 g/mol. The number of ether oxygens (including phenoxy) is 1. The number of carbonyl (C=O) groups is 1. The van der Waals surface area contributed by atoms with Crippen LogP contribution in [0.2, 0.25) is 0 Å². The molecule has 0 fully saturated rings. The molecule has 4 nitrogen and oxygen atoms in total. The second-order valence-corrected chi connectivity index (χ2v) is 6.45. The van der Waals surface area contributed by atoms with Crippen LogP contribution in [0.4, 0.5) is 0 Å². The number of nitrogens with one attached hydrogen (secondary N) is 1. The van der Waals surface area contributed by atoms with E-state index in [9.17, 15) is 4.79 Å². The molecule has 2 atom stereocenters. The molecule has 1 aromatic carbocycles. The van der Waals surface area contributed by atoms with Gasteiger partial charge in [0.15, 0.2) is 6.61 Å². The van der Waals surface area contributed by atoms with Crippen molar-refractivity contribution in [2.45, 2.75) is 51.5 Å². The van der Waals surface area contributed by atoms with Crippen LogP contribution in [0.15, 0.2) is 41.0 Å². The van der Waals surface area contributed by atoms with Crippen molar-refractivity contribution in [2.24, 2.45) is 0 Å². The van der Waals surface area contributed by atoms with Crippen molar-refractivity contribution in [3.05, 3.63) is 53.5 Å². The van der Waals surface area contributed by atoms with E-state index in [4.69, 9.17) is 9.15 Å². The number of hydrogen-bond acceptors (Lipinski definition) is 3. The smallest absolute Gasteiger partial charge is 0.258 e. The van der Waals surface area contributed by atoms with Crippen molar-refractivity contribution >= 4 is 5.91 Å². The predicted octanol–water partition coefficient (Wildman–Crippen LogP) is 4.37. The van der Waals surface area contributed by atoms with Gasteiger partial charge in [-0.15, -0.1) is 0 Å². The van der Waals surface area contributed by atoms with Gasteiger partial charge in [0.1, 0.15) is 11.5 Å². The van der Waals surface area contributed by atoms with Crippen molar-refractivity contribution in [1.29, 1.82) is 0 Å². The summed E-state index contributed by atoms with van der Waals surface area (Å²) in [5.41, 5.74) is 2.26. The SMILES string of the molecule is CCC(C)c1ccccc1OCC(=O)NC1CCCc2occc21. The van der Waals surface area contributed by atoms with Crippen molar-refractivity contribution in [3.8, 4) is 5.75 Å². The number of furan rings is 1. The fraction of sp³-hybridized carbons (Fsp3) is 0.450. The lowest BCUT2D eigenvalue weighted by molar-refractivity contribution is -0.124. The quantitative estimate of drug-likeness (QED) is 0.857. The minimum absolute atomic E-state index is 0.0356. The Hall–Kier alpha value is -2.23. The zero-order valence-electron chi connectivity index (χ0n) is 14.4. The minimum atomic E-state index is -0.0898. The van der Waals surface area contributed by atoms with Gasteiger partial charge in [-0.05, 0) is 42.9 Å². The highest BCUT2D eigenvalue weighted by Crippen LogP contribution is 2.31. The van der Waals surface area contributed by atoms with Crippen LogP contribution in [0.25, 0.3) is 0 Å². The summed E-state index contributed by atoms with van der Waals surface area (Å²) in [6.07, 6.45) is 5.67. The maximum atomic E-state index is 12.3. The molecule has 2 unspecified atom stereocenters. The molecule has 0 saturated heterocycles. The van der Waals surface area contributed by atoms with E-state index in [2.05, 4.69) is 25.2 Å². The second kappa shape index (κ2) is 7.56. The summed E-state index contributed by atoms with van der Waals surface area (Å²) in [5.74, 6) is 2.12. The molecule has 1 heterocycles. The molecule has 3 rings (SSSR count). The van der Waals surface area contributed by atoms with Crippen molar-refractivity contribution in [2.75, 3.05) is 6.61 Å². The van der Waals surface area contributed by atoms with E-state index in [-0.39, 0.29) is 18.6 Å². The van der Waals surface area contributed by atoms with E-state index in [1.165, 1.54) is 0 Å². The third-order valence-electron chi connectivity index (χ3n) is 4.81. The van der Waals surface area contributed by atoms with Gasteiger partial charge >= 0.3 is 0 Å². The zero-order chi connectivity index (χ0) is 16.9. The van der Waals surface area contributed by atoms with Gasteiger partial charge in [-0.1, -0.05) is 32.0 Å². The number of fused-ring (bicyclic) bond motifs is 1. The molecule has 0 spiro atoms. The maximum Gasteiger partial charge on any atom is 0.258 e. The van der Waals surface area contributed by atoms with E-state index >= 15 is 0 Å². The Bertz CT molecular complexity index is 692. The van der Waals surface area contributed by atoms with Gasteiger partial charge in [-0.2, -0.15) is 0 Å². The van der Waals surface area contributed by atoms with Gasteiger partial charge in [-0.3, -0.25) is 4.79 Å². The van der Waals surface area contributed by atoms with E-state index in [0.29, 0.717) is 5.92 Å². The molecule has 0 aliphatic heterocycles. The predicted molar refractivity (Wildman–Crippen MR) is 93.2 cm³/mol.